The van der Waals surface area contributed by atoms with Gasteiger partial charge in [-0.1, -0.05) is 84.9 Å². The fourth-order valence-corrected chi connectivity index (χ4v) is 4.08. The molecular weight excluding hydrogens is 435 g/mol. The Hall–Kier alpha value is -4.12. The molecule has 0 atom stereocenters. The number of para-hydroxylation sites is 1. The van der Waals surface area contributed by atoms with Gasteiger partial charge >= 0.3 is 6.18 Å². The number of hydrogen-bond acceptors (Lipinski definition) is 2. The van der Waals surface area contributed by atoms with E-state index in [9.17, 15) is 13.2 Å². The Morgan fingerprint density at radius 3 is 2.12 bits per heavy atom. The molecule has 0 amide bonds. The van der Waals surface area contributed by atoms with Crippen LogP contribution in [0.3, 0.4) is 0 Å². The monoisotopic (exact) mass is 455 g/mol. The zero-order valence-corrected chi connectivity index (χ0v) is 18.1. The Labute approximate surface area is 195 Å². The Kier molecular flexibility index (Phi) is 5.76. The second kappa shape index (κ2) is 9.02. The van der Waals surface area contributed by atoms with Crippen LogP contribution in [0.4, 0.5) is 13.2 Å². The van der Waals surface area contributed by atoms with E-state index in [-0.39, 0.29) is 5.52 Å². The molecule has 1 heterocycles. The zero-order valence-electron chi connectivity index (χ0n) is 18.1. The van der Waals surface area contributed by atoms with Crippen LogP contribution in [0, 0.1) is 0 Å². The molecule has 2 nitrogen and oxygen atoms in total. The highest BCUT2D eigenvalue weighted by Crippen LogP contribution is 2.42. The molecule has 0 N–H and O–H groups in total. The summed E-state index contributed by atoms with van der Waals surface area (Å²) in [5, 5.41) is 0.441. The molecule has 0 bridgehead atoms. The van der Waals surface area contributed by atoms with E-state index >= 15 is 0 Å². The Morgan fingerprint density at radius 2 is 1.38 bits per heavy atom. The molecule has 1 aromatic heterocycles. The predicted molar refractivity (Wildman–Crippen MR) is 128 cm³/mol. The van der Waals surface area contributed by atoms with E-state index in [1.54, 1.807) is 6.07 Å². The van der Waals surface area contributed by atoms with Crippen LogP contribution in [0.1, 0.15) is 11.1 Å². The van der Waals surface area contributed by atoms with Crippen molar-refractivity contribution < 1.29 is 17.9 Å². The number of halogens is 3. The minimum Gasteiger partial charge on any atom is -0.489 e. The molecule has 168 valence electrons. The number of ether oxygens (including phenoxy) is 1. The molecule has 0 spiro atoms. The standard InChI is InChI=1S/C29H20F3NO/c30-29(31,32)26-16-8-15-24-27(25(18-33-28(24)26)21-11-5-2-6-12-21)22-13-7-14-23(17-22)34-19-20-9-3-1-4-10-20/h1-18H,19H2. The van der Waals surface area contributed by atoms with E-state index in [0.717, 1.165) is 28.3 Å². The third-order valence-electron chi connectivity index (χ3n) is 5.66. The average Bonchev–Trinajstić information content (AvgIpc) is 2.87. The summed E-state index contributed by atoms with van der Waals surface area (Å²) in [5.74, 6) is 0.636. The van der Waals surface area contributed by atoms with Crippen LogP contribution in [0.5, 0.6) is 5.75 Å². The molecule has 0 fully saturated rings. The van der Waals surface area contributed by atoms with Gasteiger partial charge < -0.3 is 4.74 Å². The van der Waals surface area contributed by atoms with Crippen LogP contribution in [0.25, 0.3) is 33.2 Å². The van der Waals surface area contributed by atoms with Crippen molar-refractivity contribution in [1.29, 1.82) is 0 Å². The molecule has 5 rings (SSSR count). The number of aromatic nitrogens is 1. The third-order valence-corrected chi connectivity index (χ3v) is 5.66. The van der Waals surface area contributed by atoms with E-state index < -0.39 is 11.7 Å². The van der Waals surface area contributed by atoms with Gasteiger partial charge in [0.15, 0.2) is 0 Å². The van der Waals surface area contributed by atoms with E-state index in [1.807, 2.05) is 84.9 Å². The van der Waals surface area contributed by atoms with Crippen LogP contribution in [-0.2, 0) is 12.8 Å². The van der Waals surface area contributed by atoms with Crippen LogP contribution in [0.2, 0.25) is 0 Å². The highest BCUT2D eigenvalue weighted by Gasteiger charge is 2.33. The number of nitrogens with zero attached hydrogens (tertiary/aromatic N) is 1. The SMILES string of the molecule is FC(F)(F)c1cccc2c(-c3cccc(OCc4ccccc4)c3)c(-c3ccccc3)cnc12. The first-order chi connectivity index (χ1) is 16.5. The Morgan fingerprint density at radius 1 is 0.706 bits per heavy atom. The Bertz CT molecular complexity index is 1430. The van der Waals surface area contributed by atoms with Crippen molar-refractivity contribution in [3.63, 3.8) is 0 Å². The van der Waals surface area contributed by atoms with Crippen molar-refractivity contribution >= 4 is 10.9 Å². The first-order valence-corrected chi connectivity index (χ1v) is 10.8. The van der Waals surface area contributed by atoms with Crippen molar-refractivity contribution in [3.05, 3.63) is 120 Å². The second-order valence-corrected chi connectivity index (χ2v) is 7.91. The minimum atomic E-state index is -4.50. The molecule has 5 heteroatoms. The molecule has 0 aliphatic heterocycles. The maximum absolute atomic E-state index is 13.7. The van der Waals surface area contributed by atoms with E-state index in [4.69, 9.17) is 4.74 Å². The van der Waals surface area contributed by atoms with Gasteiger partial charge in [0, 0.05) is 22.7 Å². The number of alkyl halides is 3. The van der Waals surface area contributed by atoms with Gasteiger partial charge in [0.25, 0.3) is 0 Å². The van der Waals surface area contributed by atoms with Gasteiger partial charge in [-0.15, -0.1) is 0 Å². The van der Waals surface area contributed by atoms with Gasteiger partial charge in [0.1, 0.15) is 12.4 Å². The number of fused-ring (bicyclic) bond motifs is 1. The summed E-state index contributed by atoms with van der Waals surface area (Å²) >= 11 is 0. The van der Waals surface area contributed by atoms with E-state index in [1.165, 1.54) is 12.3 Å². The van der Waals surface area contributed by atoms with Crippen molar-refractivity contribution in [2.45, 2.75) is 12.8 Å². The molecule has 0 saturated carbocycles. The third kappa shape index (κ3) is 4.37. The quantitative estimate of drug-likeness (QED) is 0.267. The highest BCUT2D eigenvalue weighted by atomic mass is 19.4. The normalized spacial score (nSPS) is 11.5. The van der Waals surface area contributed by atoms with Crippen LogP contribution < -0.4 is 4.74 Å². The van der Waals surface area contributed by atoms with E-state index in [2.05, 4.69) is 4.98 Å². The number of rotatable bonds is 5. The highest BCUT2D eigenvalue weighted by molar-refractivity contribution is 6.03. The molecule has 0 aliphatic rings. The number of benzene rings is 4. The lowest BCUT2D eigenvalue weighted by atomic mass is 9.91. The maximum Gasteiger partial charge on any atom is 0.418 e. The first kappa shape index (κ1) is 21.7. The zero-order chi connectivity index (χ0) is 23.5. The summed E-state index contributed by atoms with van der Waals surface area (Å²) in [6.45, 7) is 0.394. The number of hydrogen-bond donors (Lipinski definition) is 0. The predicted octanol–water partition coefficient (Wildman–Crippen LogP) is 8.17. The van der Waals surface area contributed by atoms with Crippen LogP contribution in [0.15, 0.2) is 109 Å². The summed E-state index contributed by atoms with van der Waals surface area (Å²) < 4.78 is 47.2. The topological polar surface area (TPSA) is 22.1 Å². The lowest BCUT2D eigenvalue weighted by Crippen LogP contribution is -2.07. The maximum atomic E-state index is 13.7. The van der Waals surface area contributed by atoms with Crippen molar-refractivity contribution in [3.8, 4) is 28.0 Å². The smallest absolute Gasteiger partial charge is 0.418 e. The summed E-state index contributed by atoms with van der Waals surface area (Å²) in [7, 11) is 0. The molecule has 5 aromatic rings. The summed E-state index contributed by atoms with van der Waals surface area (Å²) in [5.41, 5.74) is 3.29. The first-order valence-electron chi connectivity index (χ1n) is 10.8. The van der Waals surface area contributed by atoms with Gasteiger partial charge in [-0.25, -0.2) is 0 Å². The number of pyridine rings is 1. The van der Waals surface area contributed by atoms with Gasteiger partial charge in [-0.05, 0) is 34.9 Å². The minimum absolute atomic E-state index is 0.0692. The lowest BCUT2D eigenvalue weighted by Gasteiger charge is -2.17. The molecule has 0 unspecified atom stereocenters. The molecule has 4 aromatic carbocycles. The van der Waals surface area contributed by atoms with Gasteiger partial charge in [0.2, 0.25) is 0 Å². The lowest BCUT2D eigenvalue weighted by molar-refractivity contribution is -0.136. The van der Waals surface area contributed by atoms with Gasteiger partial charge in [-0.3, -0.25) is 4.98 Å². The Balaban J connectivity index is 1.67. The fourth-order valence-electron chi connectivity index (χ4n) is 4.08. The fraction of sp³-hybridized carbons (Fsp3) is 0.0690. The van der Waals surface area contributed by atoms with Crippen LogP contribution >= 0.6 is 0 Å². The molecule has 34 heavy (non-hydrogen) atoms. The second-order valence-electron chi connectivity index (χ2n) is 7.91. The summed E-state index contributed by atoms with van der Waals surface area (Å²) in [4.78, 5) is 4.26. The molecule has 0 radical (unpaired) electrons. The average molecular weight is 455 g/mol. The molecule has 0 aliphatic carbocycles. The summed E-state index contributed by atoms with van der Waals surface area (Å²) in [6.07, 6.45) is -2.97. The van der Waals surface area contributed by atoms with E-state index in [0.29, 0.717) is 23.3 Å². The molecule has 0 saturated heterocycles. The largest absolute Gasteiger partial charge is 0.489 e. The van der Waals surface area contributed by atoms with Crippen molar-refractivity contribution in [1.82, 2.24) is 4.98 Å². The van der Waals surface area contributed by atoms with Crippen molar-refractivity contribution in [2.24, 2.45) is 0 Å². The summed E-state index contributed by atoms with van der Waals surface area (Å²) in [6, 6.07) is 31.0. The van der Waals surface area contributed by atoms with Gasteiger partial charge in [-0.2, -0.15) is 13.2 Å². The van der Waals surface area contributed by atoms with Crippen molar-refractivity contribution in [2.75, 3.05) is 0 Å². The van der Waals surface area contributed by atoms with Gasteiger partial charge in [0.05, 0.1) is 11.1 Å². The molecular formula is C29H20F3NO. The van der Waals surface area contributed by atoms with Crippen LogP contribution in [-0.4, -0.2) is 4.98 Å².